The van der Waals surface area contributed by atoms with E-state index in [2.05, 4.69) is 10.2 Å². The number of hydrogen-bond acceptors (Lipinski definition) is 9. The van der Waals surface area contributed by atoms with Crippen molar-refractivity contribution in [1.82, 2.24) is 10.2 Å². The molecule has 0 spiro atoms. The van der Waals surface area contributed by atoms with Gasteiger partial charge >= 0.3 is 5.97 Å². The molecular weight excluding hydrogens is 643 g/mol. The van der Waals surface area contributed by atoms with Gasteiger partial charge in [0.05, 0.1) is 53.7 Å². The highest BCUT2D eigenvalue weighted by Crippen LogP contribution is 2.40. The lowest BCUT2D eigenvalue weighted by atomic mass is 9.97. The number of benzene rings is 3. The van der Waals surface area contributed by atoms with Crippen LogP contribution in [0.3, 0.4) is 0 Å². The summed E-state index contributed by atoms with van der Waals surface area (Å²) in [5, 5.41) is 11.5. The number of halogens is 2. The number of rotatable bonds is 8. The molecule has 3 aromatic carbocycles. The second-order valence-electron chi connectivity index (χ2n) is 11.5. The molecule has 0 saturated carbocycles. The molecule has 1 amide bonds. The van der Waals surface area contributed by atoms with Crippen molar-refractivity contribution in [3.8, 4) is 16.9 Å². The first kappa shape index (κ1) is 32.8. The minimum absolute atomic E-state index is 0.00915. The molecule has 0 aliphatic carbocycles. The second kappa shape index (κ2) is 14.8. The van der Waals surface area contributed by atoms with Crippen LogP contribution in [0.5, 0.6) is 5.75 Å². The SMILES string of the molecule is COC(=O)c1ccc(-c2cccc3c2OCN(C(=O)c2c(Cl)cc(/C(C=N)=C/NC4CCCCO4)cc2Cl)C3)cc1N1CCOCC1. The molecule has 12 heteroatoms. The highest BCUT2D eigenvalue weighted by atomic mass is 35.5. The van der Waals surface area contributed by atoms with E-state index >= 15 is 0 Å². The van der Waals surface area contributed by atoms with E-state index in [0.717, 1.165) is 41.6 Å². The summed E-state index contributed by atoms with van der Waals surface area (Å²) in [5.74, 6) is -0.105. The Morgan fingerprint density at radius 1 is 1.04 bits per heavy atom. The molecule has 1 atom stereocenters. The number of para-hydroxylation sites is 1. The maximum Gasteiger partial charge on any atom is 0.339 e. The number of carbonyl (C=O) groups excluding carboxylic acids is 2. The van der Waals surface area contributed by atoms with E-state index < -0.39 is 5.97 Å². The molecule has 3 aliphatic rings. The van der Waals surface area contributed by atoms with Gasteiger partial charge in [0.15, 0.2) is 6.73 Å². The van der Waals surface area contributed by atoms with Gasteiger partial charge in [-0.05, 0) is 54.7 Å². The standard InChI is InChI=1S/C35H36Cl2N4O6/c1-44-35(43)27-9-8-22(17-30(27)40-10-13-45-14-11-40)26-6-4-5-23-20-41(21-47-33(23)26)34(42)32-28(36)15-24(16-29(32)37)25(18-38)19-39-31-7-2-3-12-46-31/h4-6,8-9,15-19,31,38-39H,2-3,7,10-14,20-21H2,1H3/b25-19+,38-18?. The van der Waals surface area contributed by atoms with Gasteiger partial charge in [0, 0.05) is 48.8 Å². The number of anilines is 1. The van der Waals surface area contributed by atoms with Crippen LogP contribution in [0.1, 0.15) is 51.1 Å². The predicted molar refractivity (Wildman–Crippen MR) is 182 cm³/mol. The topological polar surface area (TPSA) is 113 Å². The average molecular weight is 680 g/mol. The van der Waals surface area contributed by atoms with Gasteiger partial charge < -0.3 is 39.5 Å². The molecule has 2 saturated heterocycles. The Bertz CT molecular complexity index is 1680. The number of hydrogen-bond donors (Lipinski definition) is 2. The van der Waals surface area contributed by atoms with Crippen molar-refractivity contribution in [2.45, 2.75) is 32.0 Å². The zero-order chi connectivity index (χ0) is 32.9. The van der Waals surface area contributed by atoms with Crippen molar-refractivity contribution in [2.75, 3.05) is 51.7 Å². The molecule has 1 unspecified atom stereocenters. The summed E-state index contributed by atoms with van der Waals surface area (Å²) >= 11 is 13.3. The maximum atomic E-state index is 13.8. The van der Waals surface area contributed by atoms with Crippen molar-refractivity contribution in [3.05, 3.63) is 87.0 Å². The molecule has 3 aromatic rings. The molecule has 10 nitrogen and oxygen atoms in total. The van der Waals surface area contributed by atoms with E-state index in [1.54, 1.807) is 29.3 Å². The van der Waals surface area contributed by atoms with Crippen LogP contribution in [-0.2, 0) is 20.8 Å². The fraction of sp³-hybridized carbons (Fsp3) is 0.343. The zero-order valence-electron chi connectivity index (χ0n) is 26.0. The van der Waals surface area contributed by atoms with Gasteiger partial charge in [-0.2, -0.15) is 0 Å². The van der Waals surface area contributed by atoms with Crippen LogP contribution >= 0.6 is 23.2 Å². The van der Waals surface area contributed by atoms with Crippen molar-refractivity contribution < 1.29 is 28.5 Å². The Kier molecular flexibility index (Phi) is 10.3. The first-order valence-corrected chi connectivity index (χ1v) is 16.3. The van der Waals surface area contributed by atoms with Crippen molar-refractivity contribution in [3.63, 3.8) is 0 Å². The number of fused-ring (bicyclic) bond motifs is 1. The molecule has 6 rings (SSSR count). The summed E-state index contributed by atoms with van der Waals surface area (Å²) in [7, 11) is 1.37. The minimum atomic E-state index is -0.403. The van der Waals surface area contributed by atoms with E-state index in [0.29, 0.717) is 55.4 Å². The maximum absolute atomic E-state index is 13.8. The average Bonchev–Trinajstić information content (AvgIpc) is 3.11. The van der Waals surface area contributed by atoms with Gasteiger partial charge in [-0.25, -0.2) is 4.79 Å². The highest BCUT2D eigenvalue weighted by Gasteiger charge is 2.29. The minimum Gasteiger partial charge on any atom is -0.472 e. The summed E-state index contributed by atoms with van der Waals surface area (Å²) in [6, 6.07) is 14.7. The van der Waals surface area contributed by atoms with Gasteiger partial charge in [0.2, 0.25) is 0 Å². The summed E-state index contributed by atoms with van der Waals surface area (Å²) in [4.78, 5) is 30.0. The van der Waals surface area contributed by atoms with Gasteiger partial charge in [0.1, 0.15) is 12.0 Å². The molecule has 246 valence electrons. The van der Waals surface area contributed by atoms with Gasteiger partial charge in [-0.1, -0.05) is 47.5 Å². The molecule has 2 fully saturated rings. The van der Waals surface area contributed by atoms with Crippen LogP contribution in [0.25, 0.3) is 16.7 Å². The van der Waals surface area contributed by atoms with Crippen LogP contribution in [-0.4, -0.2) is 76.0 Å². The van der Waals surface area contributed by atoms with E-state index in [4.69, 9.17) is 47.6 Å². The first-order valence-electron chi connectivity index (χ1n) is 15.5. The zero-order valence-corrected chi connectivity index (χ0v) is 27.5. The number of methoxy groups -OCH3 is 1. The molecule has 0 aromatic heterocycles. The number of morpholine rings is 1. The number of amides is 1. The van der Waals surface area contributed by atoms with E-state index in [-0.39, 0.29) is 41.0 Å². The molecule has 3 heterocycles. The highest BCUT2D eigenvalue weighted by molar-refractivity contribution is 6.40. The first-order chi connectivity index (χ1) is 22.9. The fourth-order valence-electron chi connectivity index (χ4n) is 6.04. The summed E-state index contributed by atoms with van der Waals surface area (Å²) in [5.41, 5.74) is 5.13. The van der Waals surface area contributed by atoms with Crippen molar-refractivity contribution >= 4 is 52.6 Å². The third kappa shape index (κ3) is 7.11. The quantitative estimate of drug-likeness (QED) is 0.208. The number of esters is 1. The Morgan fingerprint density at radius 2 is 1.83 bits per heavy atom. The Morgan fingerprint density at radius 3 is 2.53 bits per heavy atom. The predicted octanol–water partition coefficient (Wildman–Crippen LogP) is 6.38. The van der Waals surface area contributed by atoms with Crippen molar-refractivity contribution in [2.24, 2.45) is 0 Å². The smallest absolute Gasteiger partial charge is 0.339 e. The van der Waals surface area contributed by atoms with Gasteiger partial charge in [0.25, 0.3) is 5.91 Å². The monoisotopic (exact) mass is 678 g/mol. The van der Waals surface area contributed by atoms with Crippen molar-refractivity contribution in [1.29, 1.82) is 5.41 Å². The number of ether oxygens (including phenoxy) is 4. The summed E-state index contributed by atoms with van der Waals surface area (Å²) in [6.45, 7) is 3.43. The largest absolute Gasteiger partial charge is 0.472 e. The lowest BCUT2D eigenvalue weighted by Gasteiger charge is -2.32. The second-order valence-corrected chi connectivity index (χ2v) is 12.3. The Hall–Kier alpha value is -4.09. The van der Waals surface area contributed by atoms with Crippen LogP contribution in [0.2, 0.25) is 10.0 Å². The van der Waals surface area contributed by atoms with E-state index in [9.17, 15) is 9.59 Å². The third-order valence-corrected chi connectivity index (χ3v) is 9.12. The van der Waals surface area contributed by atoms with Gasteiger partial charge in [-0.15, -0.1) is 0 Å². The van der Waals surface area contributed by atoms with Crippen LogP contribution in [0, 0.1) is 5.41 Å². The number of nitrogens with zero attached hydrogens (tertiary/aromatic N) is 2. The Balaban J connectivity index is 1.23. The molecular formula is C35H36Cl2N4O6. The molecule has 0 bridgehead atoms. The number of carbonyl (C=O) groups is 2. The lowest BCUT2D eigenvalue weighted by molar-refractivity contribution is 0.00347. The van der Waals surface area contributed by atoms with Crippen LogP contribution in [0.15, 0.2) is 54.7 Å². The van der Waals surface area contributed by atoms with Gasteiger partial charge in [-0.3, -0.25) is 4.79 Å². The number of allylic oxidation sites excluding steroid dienone is 1. The molecule has 3 aliphatic heterocycles. The molecule has 47 heavy (non-hydrogen) atoms. The number of nitrogens with one attached hydrogen (secondary N) is 2. The van der Waals surface area contributed by atoms with Crippen LogP contribution in [0.4, 0.5) is 5.69 Å². The lowest BCUT2D eigenvalue weighted by Crippen LogP contribution is -2.37. The normalized spacial score (nSPS) is 18.2. The Labute approximate surface area is 283 Å². The summed E-state index contributed by atoms with van der Waals surface area (Å²) in [6.07, 6.45) is 5.81. The van der Waals surface area contributed by atoms with Crippen LogP contribution < -0.4 is 15.0 Å². The van der Waals surface area contributed by atoms with E-state index in [1.165, 1.54) is 13.3 Å². The fourth-order valence-corrected chi connectivity index (χ4v) is 6.69. The van der Waals surface area contributed by atoms with E-state index in [1.807, 2.05) is 30.3 Å². The molecule has 2 N–H and O–H groups in total. The molecule has 0 radical (unpaired) electrons. The third-order valence-electron chi connectivity index (χ3n) is 8.52. The summed E-state index contributed by atoms with van der Waals surface area (Å²) < 4.78 is 22.5.